The minimum Gasteiger partial charge on any atom is -0.381 e. The van der Waals surface area contributed by atoms with Gasteiger partial charge in [-0.25, -0.2) is 9.97 Å². The summed E-state index contributed by atoms with van der Waals surface area (Å²) in [4.78, 5) is 29.4. The van der Waals surface area contributed by atoms with Gasteiger partial charge in [0.05, 0.1) is 0 Å². The summed E-state index contributed by atoms with van der Waals surface area (Å²) in [5.41, 5.74) is 9.99. The predicted octanol–water partition coefficient (Wildman–Crippen LogP) is 2.53. The largest absolute Gasteiger partial charge is 0.381 e. The maximum atomic E-state index is 12.6. The minimum atomic E-state index is -0.640. The van der Waals surface area contributed by atoms with E-state index in [4.69, 9.17) is 20.4 Å². The zero-order valence-electron chi connectivity index (χ0n) is 22.0. The lowest BCUT2D eigenvalue weighted by molar-refractivity contribution is 0.0285. The number of carbonyl (C=O) groups excluding carboxylic acids is 1. The number of H-pyrrole nitrogens is 1. The zero-order chi connectivity index (χ0) is 26.3. The normalized spacial score (nSPS) is 19.4. The third-order valence-electron chi connectivity index (χ3n) is 8.11. The molecule has 3 saturated heterocycles. The van der Waals surface area contributed by atoms with Gasteiger partial charge in [0.15, 0.2) is 17.3 Å². The summed E-state index contributed by atoms with van der Waals surface area (Å²) in [6, 6.07) is 10.1. The lowest BCUT2D eigenvalue weighted by atomic mass is 9.78. The maximum absolute atomic E-state index is 12.6. The summed E-state index contributed by atoms with van der Waals surface area (Å²) in [7, 11) is 2.15. The molecule has 11 heteroatoms. The lowest BCUT2D eigenvalue weighted by Gasteiger charge is -2.55. The van der Waals surface area contributed by atoms with Crippen molar-refractivity contribution in [1.82, 2.24) is 25.1 Å². The van der Waals surface area contributed by atoms with Gasteiger partial charge in [0, 0.05) is 68.5 Å². The van der Waals surface area contributed by atoms with Crippen molar-refractivity contribution in [2.24, 2.45) is 5.73 Å². The maximum Gasteiger partial charge on any atom is 0.271 e. The van der Waals surface area contributed by atoms with E-state index in [0.29, 0.717) is 23.0 Å². The van der Waals surface area contributed by atoms with E-state index >= 15 is 0 Å². The number of aryl methyl sites for hydroxylation is 1. The summed E-state index contributed by atoms with van der Waals surface area (Å²) >= 11 is 0. The van der Waals surface area contributed by atoms with E-state index in [1.807, 2.05) is 25.1 Å². The number of carbonyl (C=O) groups is 1. The first-order valence-corrected chi connectivity index (χ1v) is 13.3. The summed E-state index contributed by atoms with van der Waals surface area (Å²) in [5, 5.41) is 10.7. The average molecular weight is 518 g/mol. The fourth-order valence-corrected chi connectivity index (χ4v) is 5.68. The number of aromatic amines is 1. The zero-order valence-corrected chi connectivity index (χ0v) is 22.0. The van der Waals surface area contributed by atoms with Crippen LogP contribution in [0.4, 0.5) is 23.0 Å². The van der Waals surface area contributed by atoms with E-state index in [2.05, 4.69) is 49.4 Å². The van der Waals surface area contributed by atoms with Crippen LogP contribution in [0.15, 0.2) is 30.3 Å². The van der Waals surface area contributed by atoms with Crippen molar-refractivity contribution in [2.45, 2.75) is 31.7 Å². The number of rotatable bonds is 6. The highest BCUT2D eigenvalue weighted by molar-refractivity contribution is 5.97. The van der Waals surface area contributed by atoms with Crippen molar-refractivity contribution in [3.63, 3.8) is 0 Å². The van der Waals surface area contributed by atoms with Gasteiger partial charge in [-0.15, -0.1) is 0 Å². The molecule has 200 valence electrons. The first-order chi connectivity index (χ1) is 18.4. The molecule has 11 nitrogen and oxygen atoms in total. The summed E-state index contributed by atoms with van der Waals surface area (Å²) in [5.74, 6) is 0.426. The molecule has 3 aliphatic rings. The highest BCUT2D eigenvalue weighted by Gasteiger charge is 2.47. The van der Waals surface area contributed by atoms with Gasteiger partial charge in [-0.1, -0.05) is 0 Å². The van der Waals surface area contributed by atoms with Crippen LogP contribution in [0.5, 0.6) is 0 Å². The number of anilines is 4. The second-order valence-electron chi connectivity index (χ2n) is 10.6. The molecule has 3 fully saturated rings. The van der Waals surface area contributed by atoms with Gasteiger partial charge >= 0.3 is 0 Å². The molecule has 0 unspecified atom stereocenters. The van der Waals surface area contributed by atoms with Gasteiger partial charge in [0.25, 0.3) is 5.91 Å². The topological polar surface area (TPSA) is 129 Å². The summed E-state index contributed by atoms with van der Waals surface area (Å²) in [6.45, 7) is 8.35. The molecule has 3 aromatic rings. The van der Waals surface area contributed by atoms with Gasteiger partial charge in [-0.3, -0.25) is 9.89 Å². The Morgan fingerprint density at radius 3 is 2.39 bits per heavy atom. The van der Waals surface area contributed by atoms with Crippen molar-refractivity contribution in [1.29, 1.82) is 0 Å². The Morgan fingerprint density at radius 1 is 1.05 bits per heavy atom. The molecular weight excluding hydrogens is 482 g/mol. The number of hydrogen-bond acceptors (Lipinski definition) is 9. The standard InChI is InChI=1S/C27H35N9O2/c1-18-17-21(33-32-18)22-26(36-10-7-27(36)8-15-38-16-9-27)31-25(23(30-22)24(28)37)29-19-3-5-20(6-4-19)35-13-11-34(2)12-14-35/h3-6,17H,7-16H2,1-2H3,(H2,28,37)(H,29,31)(H,32,33). The first kappa shape index (κ1) is 24.6. The molecule has 1 aromatic carbocycles. The van der Waals surface area contributed by atoms with Crippen molar-refractivity contribution in [3.8, 4) is 11.4 Å². The van der Waals surface area contributed by atoms with Gasteiger partial charge in [-0.05, 0) is 63.6 Å². The fraction of sp³-hybridized carbons (Fsp3) is 0.481. The van der Waals surface area contributed by atoms with Crippen LogP contribution in [-0.4, -0.2) is 89.5 Å². The Kier molecular flexibility index (Phi) is 6.40. The van der Waals surface area contributed by atoms with Crippen molar-refractivity contribution >= 4 is 28.9 Å². The molecule has 5 heterocycles. The molecule has 0 atom stereocenters. The number of likely N-dealkylation sites (N-methyl/N-ethyl adjacent to an activating group) is 1. The number of benzene rings is 1. The minimum absolute atomic E-state index is 0.0112. The van der Waals surface area contributed by atoms with Crippen LogP contribution in [-0.2, 0) is 4.74 Å². The number of nitrogens with two attached hydrogens (primary N) is 1. The molecule has 1 spiro atoms. The lowest BCUT2D eigenvalue weighted by Crippen LogP contribution is -2.63. The molecule has 4 N–H and O–H groups in total. The third kappa shape index (κ3) is 4.56. The number of piperazine rings is 1. The number of aromatic nitrogens is 4. The Labute approximate surface area is 222 Å². The molecule has 0 bridgehead atoms. The van der Waals surface area contributed by atoms with E-state index in [0.717, 1.165) is 76.6 Å². The van der Waals surface area contributed by atoms with E-state index in [1.165, 1.54) is 5.69 Å². The third-order valence-corrected chi connectivity index (χ3v) is 8.11. The van der Waals surface area contributed by atoms with Gasteiger partial charge in [0.1, 0.15) is 11.4 Å². The Hall–Kier alpha value is -3.70. The molecule has 2 aromatic heterocycles. The highest BCUT2D eigenvalue weighted by Crippen LogP contribution is 2.45. The monoisotopic (exact) mass is 517 g/mol. The van der Waals surface area contributed by atoms with Crippen LogP contribution >= 0.6 is 0 Å². The van der Waals surface area contributed by atoms with Crippen LogP contribution in [0.25, 0.3) is 11.4 Å². The van der Waals surface area contributed by atoms with E-state index < -0.39 is 5.91 Å². The smallest absolute Gasteiger partial charge is 0.271 e. The first-order valence-electron chi connectivity index (χ1n) is 13.3. The fourth-order valence-electron chi connectivity index (χ4n) is 5.68. The van der Waals surface area contributed by atoms with Gasteiger partial charge < -0.3 is 30.5 Å². The SMILES string of the molecule is Cc1cc(-c2nc(C(N)=O)c(Nc3ccc(N4CCN(C)CC4)cc3)nc2N2CCC23CCOCC3)n[nH]1. The molecule has 0 aliphatic carbocycles. The quantitative estimate of drug-likeness (QED) is 0.452. The molecular formula is C27H35N9O2. The van der Waals surface area contributed by atoms with Crippen LogP contribution in [0, 0.1) is 6.92 Å². The van der Waals surface area contributed by atoms with Crippen LogP contribution in [0.3, 0.4) is 0 Å². The predicted molar refractivity (Wildman–Crippen MR) is 147 cm³/mol. The number of hydrogen-bond donors (Lipinski definition) is 3. The van der Waals surface area contributed by atoms with E-state index in [9.17, 15) is 4.79 Å². The molecule has 0 radical (unpaired) electrons. The van der Waals surface area contributed by atoms with Crippen LogP contribution in [0.1, 0.15) is 35.4 Å². The Bertz CT molecular complexity index is 1310. The number of nitrogens with one attached hydrogen (secondary N) is 2. The van der Waals surface area contributed by atoms with Gasteiger partial charge in [0.2, 0.25) is 0 Å². The Balaban J connectivity index is 1.35. The van der Waals surface area contributed by atoms with Crippen LogP contribution < -0.4 is 20.9 Å². The number of primary amides is 1. The average Bonchev–Trinajstić information content (AvgIpc) is 3.35. The van der Waals surface area contributed by atoms with Crippen molar-refractivity contribution in [2.75, 3.05) is 68.1 Å². The van der Waals surface area contributed by atoms with Crippen molar-refractivity contribution < 1.29 is 9.53 Å². The number of nitrogens with zero attached hydrogens (tertiary/aromatic N) is 6. The number of ether oxygens (including phenoxy) is 1. The molecule has 6 rings (SSSR count). The Morgan fingerprint density at radius 2 is 1.79 bits per heavy atom. The summed E-state index contributed by atoms with van der Waals surface area (Å²) < 4.78 is 5.66. The van der Waals surface area contributed by atoms with E-state index in [-0.39, 0.29) is 11.2 Å². The van der Waals surface area contributed by atoms with E-state index in [1.54, 1.807) is 0 Å². The second kappa shape index (κ2) is 9.88. The summed E-state index contributed by atoms with van der Waals surface area (Å²) in [6.07, 6.45) is 2.94. The van der Waals surface area contributed by atoms with Crippen molar-refractivity contribution in [3.05, 3.63) is 41.7 Å². The second-order valence-corrected chi connectivity index (χ2v) is 10.6. The number of amides is 1. The van der Waals surface area contributed by atoms with Crippen LogP contribution in [0.2, 0.25) is 0 Å². The molecule has 0 saturated carbocycles. The molecule has 3 aliphatic heterocycles. The highest BCUT2D eigenvalue weighted by atomic mass is 16.5. The molecule has 38 heavy (non-hydrogen) atoms. The van der Waals surface area contributed by atoms with Gasteiger partial charge in [-0.2, -0.15) is 5.10 Å². The molecule has 1 amide bonds.